The molecule has 0 radical (unpaired) electrons. The molecule has 0 bridgehead atoms. The zero-order chi connectivity index (χ0) is 35.4. The van der Waals surface area contributed by atoms with Crippen LogP contribution >= 0.6 is 23.2 Å². The number of carbonyl (C=O) groups excluding carboxylic acids is 1. The molecule has 2 fully saturated rings. The van der Waals surface area contributed by atoms with Gasteiger partial charge in [-0.3, -0.25) is 9.69 Å². The lowest BCUT2D eigenvalue weighted by Crippen LogP contribution is -2.32. The van der Waals surface area contributed by atoms with Crippen LogP contribution in [0.25, 0.3) is 33.6 Å². The Bertz CT molecular complexity index is 1900. The van der Waals surface area contributed by atoms with Gasteiger partial charge in [-0.25, -0.2) is 9.97 Å². The van der Waals surface area contributed by atoms with Gasteiger partial charge in [0.1, 0.15) is 58.1 Å². The van der Waals surface area contributed by atoms with Crippen molar-refractivity contribution in [3.63, 3.8) is 0 Å². The molecule has 8 rings (SSSR count). The van der Waals surface area contributed by atoms with Gasteiger partial charge in [-0.2, -0.15) is 0 Å². The summed E-state index contributed by atoms with van der Waals surface area (Å²) in [7, 11) is 0. The Balaban J connectivity index is 1.06. The number of rotatable bonds is 11. The molecule has 0 saturated carbocycles. The van der Waals surface area contributed by atoms with Crippen molar-refractivity contribution in [1.29, 1.82) is 0 Å². The summed E-state index contributed by atoms with van der Waals surface area (Å²) in [6.45, 7) is 12.5. The van der Waals surface area contributed by atoms with E-state index in [1.54, 1.807) is 0 Å². The lowest BCUT2D eigenvalue weighted by molar-refractivity contribution is -0.133. The van der Waals surface area contributed by atoms with Crippen LogP contribution < -0.4 is 9.47 Å². The fraction of sp³-hybridized carbons (Fsp3) is 0.525. The summed E-state index contributed by atoms with van der Waals surface area (Å²) in [5.41, 5.74) is 7.37. The van der Waals surface area contributed by atoms with Crippen molar-refractivity contribution >= 4 is 29.1 Å². The van der Waals surface area contributed by atoms with Crippen LogP contribution in [0.2, 0.25) is 10.3 Å². The third-order valence-electron chi connectivity index (χ3n) is 11.7. The van der Waals surface area contributed by atoms with Crippen LogP contribution in [-0.2, 0) is 18.0 Å². The highest BCUT2D eigenvalue weighted by atomic mass is 35.5. The number of ether oxygens (including phenoxy) is 2. The summed E-state index contributed by atoms with van der Waals surface area (Å²) in [6, 6.07) is 8.50. The lowest BCUT2D eigenvalue weighted by Gasteiger charge is -2.30. The Morgan fingerprint density at radius 2 is 1.37 bits per heavy atom. The average Bonchev–Trinajstić information content (AvgIpc) is 3.95. The molecule has 4 unspecified atom stereocenters. The molecule has 2 aromatic heterocycles. The number of nitrogens with one attached hydrogen (secondary N) is 2. The number of hydrogen-bond donors (Lipinski definition) is 2. The molecule has 6 heterocycles. The van der Waals surface area contributed by atoms with Crippen LogP contribution in [0.15, 0.2) is 24.3 Å². The van der Waals surface area contributed by atoms with Gasteiger partial charge in [-0.1, -0.05) is 63.7 Å². The Morgan fingerprint density at radius 1 is 0.824 bits per heavy atom. The van der Waals surface area contributed by atoms with Gasteiger partial charge in [0.25, 0.3) is 0 Å². The number of benzene rings is 2. The Labute approximate surface area is 310 Å². The van der Waals surface area contributed by atoms with Crippen molar-refractivity contribution in [2.45, 2.75) is 104 Å². The first-order valence-electron chi connectivity index (χ1n) is 18.9. The van der Waals surface area contributed by atoms with Gasteiger partial charge in [0, 0.05) is 46.3 Å². The second kappa shape index (κ2) is 14.1. The highest BCUT2D eigenvalue weighted by Gasteiger charge is 2.35. The van der Waals surface area contributed by atoms with E-state index in [1.807, 2.05) is 11.0 Å². The molecule has 4 aliphatic heterocycles. The number of nitrogens with zero attached hydrogens (tertiary/aromatic N) is 4. The standard InChI is InChI=1S/C40H48Cl2N6O3/c1-5-22(3)11-14-47-12-7-9-28(47)39-43-35(37(41)45-39)24-16-26-20-51-31-19-25(17-27-21-50-30(18-24)33(26)34(27)31)36-38(42)46-40(44-36)29-10-8-13-48(29)32(49)15-23(4)6-2/h16-19,22-23,28-29H,5-15,20-21H2,1-4H3,(H,43,45)(H,44,46). The third kappa shape index (κ3) is 6.44. The van der Waals surface area contributed by atoms with Gasteiger partial charge in [0.2, 0.25) is 5.91 Å². The third-order valence-corrected chi connectivity index (χ3v) is 12.2. The highest BCUT2D eigenvalue weighted by Crippen LogP contribution is 2.51. The van der Waals surface area contributed by atoms with Gasteiger partial charge in [0.05, 0.1) is 12.1 Å². The number of aromatic nitrogens is 4. The number of aromatic amines is 2. The molecule has 1 amide bonds. The molecular weight excluding hydrogens is 683 g/mol. The molecule has 11 heteroatoms. The number of hydrogen-bond acceptors (Lipinski definition) is 6. The molecule has 270 valence electrons. The molecule has 4 aliphatic rings. The zero-order valence-electron chi connectivity index (χ0n) is 30.1. The quantitative estimate of drug-likeness (QED) is 0.159. The van der Waals surface area contributed by atoms with Crippen LogP contribution in [0.1, 0.15) is 114 Å². The van der Waals surface area contributed by atoms with Crippen molar-refractivity contribution in [1.82, 2.24) is 29.7 Å². The summed E-state index contributed by atoms with van der Waals surface area (Å²) in [5, 5.41) is 1.02. The molecule has 51 heavy (non-hydrogen) atoms. The fourth-order valence-electron chi connectivity index (χ4n) is 8.29. The number of likely N-dealkylation sites (tertiary alicyclic amines) is 2. The zero-order valence-corrected chi connectivity index (χ0v) is 31.6. The van der Waals surface area contributed by atoms with E-state index in [1.165, 1.54) is 19.3 Å². The van der Waals surface area contributed by atoms with Gasteiger partial charge in [-0.05, 0) is 81.3 Å². The lowest BCUT2D eigenvalue weighted by atomic mass is 9.87. The number of halogens is 2. The normalized spacial score (nSPS) is 20.6. The molecular formula is C40H48Cl2N6O3. The molecule has 2 saturated heterocycles. The summed E-state index contributed by atoms with van der Waals surface area (Å²) >= 11 is 13.7. The summed E-state index contributed by atoms with van der Waals surface area (Å²) < 4.78 is 12.9. The van der Waals surface area contributed by atoms with Crippen LogP contribution in [0, 0.1) is 11.8 Å². The van der Waals surface area contributed by atoms with Gasteiger partial charge < -0.3 is 24.3 Å². The Hall–Kier alpha value is -3.53. The van der Waals surface area contributed by atoms with E-state index in [2.05, 4.69) is 60.8 Å². The van der Waals surface area contributed by atoms with Crippen molar-refractivity contribution in [3.8, 4) is 45.1 Å². The van der Waals surface area contributed by atoms with Gasteiger partial charge in [-0.15, -0.1) is 0 Å². The Kier molecular flexibility index (Phi) is 9.57. The van der Waals surface area contributed by atoms with Crippen molar-refractivity contribution in [2.75, 3.05) is 19.6 Å². The SMILES string of the molecule is CCC(C)CCN1CCCC1c1nc(-c2cc3c4c(c2)OCc2cc(-c5nc(C6CCCN6C(=O)CC(C)CC)[nH]c5Cl)cc(c2-4)OC3)c(Cl)[nH]1. The number of imidazole rings is 2. The van der Waals surface area contributed by atoms with Gasteiger partial charge >= 0.3 is 0 Å². The summed E-state index contributed by atoms with van der Waals surface area (Å²) in [4.78, 5) is 34.5. The van der Waals surface area contributed by atoms with E-state index >= 15 is 0 Å². The molecule has 0 spiro atoms. The number of H-pyrrole nitrogens is 2. The maximum absolute atomic E-state index is 13.2. The summed E-state index contributed by atoms with van der Waals surface area (Å²) in [6.07, 6.45) is 8.01. The number of amides is 1. The first-order chi connectivity index (χ1) is 24.7. The summed E-state index contributed by atoms with van der Waals surface area (Å²) in [5.74, 6) is 4.54. The van der Waals surface area contributed by atoms with Crippen molar-refractivity contribution < 1.29 is 14.3 Å². The van der Waals surface area contributed by atoms with E-state index < -0.39 is 0 Å². The molecule has 2 aromatic carbocycles. The van der Waals surface area contributed by atoms with Crippen LogP contribution in [0.5, 0.6) is 11.5 Å². The van der Waals surface area contributed by atoms with Crippen LogP contribution in [-0.4, -0.2) is 55.3 Å². The largest absolute Gasteiger partial charge is 0.488 e. The van der Waals surface area contributed by atoms with Crippen LogP contribution in [0.3, 0.4) is 0 Å². The number of carbonyl (C=O) groups is 1. The first kappa shape index (κ1) is 34.6. The van der Waals surface area contributed by atoms with E-state index in [4.69, 9.17) is 42.6 Å². The second-order valence-electron chi connectivity index (χ2n) is 15.1. The van der Waals surface area contributed by atoms with E-state index in [-0.39, 0.29) is 18.0 Å². The molecule has 2 N–H and O–H groups in total. The first-order valence-corrected chi connectivity index (χ1v) is 19.6. The van der Waals surface area contributed by atoms with Crippen molar-refractivity contribution in [2.24, 2.45) is 11.8 Å². The smallest absolute Gasteiger partial charge is 0.223 e. The maximum atomic E-state index is 13.2. The van der Waals surface area contributed by atoms with E-state index in [9.17, 15) is 4.79 Å². The van der Waals surface area contributed by atoms with Crippen molar-refractivity contribution in [3.05, 3.63) is 57.3 Å². The van der Waals surface area contributed by atoms with E-state index in [0.717, 1.165) is 113 Å². The predicted molar refractivity (Wildman–Crippen MR) is 201 cm³/mol. The maximum Gasteiger partial charge on any atom is 0.223 e. The minimum atomic E-state index is -0.0992. The molecule has 9 nitrogen and oxygen atoms in total. The minimum Gasteiger partial charge on any atom is -0.488 e. The predicted octanol–water partition coefficient (Wildman–Crippen LogP) is 9.90. The molecule has 4 atom stereocenters. The minimum absolute atomic E-state index is 0.0992. The average molecular weight is 732 g/mol. The molecule has 0 aliphatic carbocycles. The topological polar surface area (TPSA) is 99.4 Å². The fourth-order valence-corrected chi connectivity index (χ4v) is 8.79. The van der Waals surface area contributed by atoms with Gasteiger partial charge in [0.15, 0.2) is 0 Å². The Morgan fingerprint density at radius 3 is 1.96 bits per heavy atom. The highest BCUT2D eigenvalue weighted by molar-refractivity contribution is 6.32. The second-order valence-corrected chi connectivity index (χ2v) is 15.9. The van der Waals surface area contributed by atoms with E-state index in [0.29, 0.717) is 41.6 Å². The molecule has 4 aromatic rings. The monoisotopic (exact) mass is 730 g/mol. The van der Waals surface area contributed by atoms with Crippen LogP contribution in [0.4, 0.5) is 0 Å².